The highest BCUT2D eigenvalue weighted by Crippen LogP contribution is 2.13. The standard InChI is InChI=1S/C8H17NO/c1-7(2)9(3)5-4-8-6-10-8/h7-8H,4-6H2,1-3H3. The molecule has 1 saturated heterocycles. The van der Waals surface area contributed by atoms with Gasteiger partial charge in [-0.3, -0.25) is 0 Å². The largest absolute Gasteiger partial charge is 0.373 e. The van der Waals surface area contributed by atoms with Gasteiger partial charge in [0.2, 0.25) is 0 Å². The van der Waals surface area contributed by atoms with Crippen molar-refractivity contribution in [3.05, 3.63) is 0 Å². The Morgan fingerprint density at radius 1 is 1.60 bits per heavy atom. The lowest BCUT2D eigenvalue weighted by atomic mass is 10.3. The van der Waals surface area contributed by atoms with E-state index in [9.17, 15) is 0 Å². The average Bonchev–Trinajstić information content (AvgIpc) is 2.64. The van der Waals surface area contributed by atoms with Crippen LogP contribution in [0.5, 0.6) is 0 Å². The van der Waals surface area contributed by atoms with E-state index in [2.05, 4.69) is 25.8 Å². The SMILES string of the molecule is CC(C)N(C)CCC1CO1. The van der Waals surface area contributed by atoms with Crippen molar-refractivity contribution in [1.82, 2.24) is 4.90 Å². The van der Waals surface area contributed by atoms with Crippen LogP contribution in [0.15, 0.2) is 0 Å². The summed E-state index contributed by atoms with van der Waals surface area (Å²) in [6, 6.07) is 0.666. The maximum Gasteiger partial charge on any atom is 0.0822 e. The summed E-state index contributed by atoms with van der Waals surface area (Å²) in [5, 5.41) is 0. The van der Waals surface area contributed by atoms with E-state index in [1.807, 2.05) is 0 Å². The van der Waals surface area contributed by atoms with E-state index in [0.717, 1.165) is 6.61 Å². The topological polar surface area (TPSA) is 15.8 Å². The zero-order valence-electron chi connectivity index (χ0n) is 7.13. The van der Waals surface area contributed by atoms with Crippen LogP contribution in [-0.2, 0) is 4.74 Å². The summed E-state index contributed by atoms with van der Waals surface area (Å²) in [7, 11) is 2.16. The summed E-state index contributed by atoms with van der Waals surface area (Å²) in [4.78, 5) is 2.35. The quantitative estimate of drug-likeness (QED) is 0.548. The molecule has 0 aliphatic carbocycles. The lowest BCUT2D eigenvalue weighted by Gasteiger charge is -2.19. The summed E-state index contributed by atoms with van der Waals surface area (Å²) in [6.45, 7) is 6.59. The second-order valence-electron chi connectivity index (χ2n) is 3.32. The normalized spacial score (nSPS) is 24.3. The number of nitrogens with zero attached hydrogens (tertiary/aromatic N) is 1. The molecule has 1 atom stereocenters. The molecule has 0 aromatic carbocycles. The molecular weight excluding hydrogens is 126 g/mol. The van der Waals surface area contributed by atoms with E-state index in [-0.39, 0.29) is 0 Å². The summed E-state index contributed by atoms with van der Waals surface area (Å²) >= 11 is 0. The molecular formula is C8H17NO. The lowest BCUT2D eigenvalue weighted by molar-refractivity contribution is 0.256. The molecule has 1 fully saturated rings. The van der Waals surface area contributed by atoms with Gasteiger partial charge in [0.1, 0.15) is 0 Å². The molecule has 0 bridgehead atoms. The molecule has 60 valence electrons. The van der Waals surface area contributed by atoms with Gasteiger partial charge in [0.15, 0.2) is 0 Å². The number of hydrogen-bond donors (Lipinski definition) is 0. The minimum absolute atomic E-state index is 0.584. The lowest BCUT2D eigenvalue weighted by Crippen LogP contribution is -2.27. The Labute approximate surface area is 63.2 Å². The molecule has 0 spiro atoms. The molecule has 0 N–H and O–H groups in total. The molecule has 1 rings (SSSR count). The molecule has 1 aliphatic rings. The molecule has 0 aromatic heterocycles. The molecule has 0 aromatic rings. The van der Waals surface area contributed by atoms with Crippen LogP contribution in [0.25, 0.3) is 0 Å². The van der Waals surface area contributed by atoms with Crippen molar-refractivity contribution in [2.75, 3.05) is 20.2 Å². The highest BCUT2D eigenvalue weighted by Gasteiger charge is 2.22. The maximum atomic E-state index is 5.11. The predicted molar refractivity (Wildman–Crippen MR) is 42.1 cm³/mol. The van der Waals surface area contributed by atoms with E-state index in [0.29, 0.717) is 12.1 Å². The van der Waals surface area contributed by atoms with Crippen LogP contribution in [-0.4, -0.2) is 37.2 Å². The van der Waals surface area contributed by atoms with Crippen LogP contribution in [0.2, 0.25) is 0 Å². The van der Waals surface area contributed by atoms with Gasteiger partial charge in [0.05, 0.1) is 12.7 Å². The Balaban J connectivity index is 1.99. The van der Waals surface area contributed by atoms with E-state index in [1.165, 1.54) is 13.0 Å². The van der Waals surface area contributed by atoms with Crippen molar-refractivity contribution >= 4 is 0 Å². The van der Waals surface area contributed by atoms with E-state index in [4.69, 9.17) is 4.74 Å². The Kier molecular flexibility index (Phi) is 2.69. The minimum Gasteiger partial charge on any atom is -0.373 e. The second kappa shape index (κ2) is 3.35. The molecule has 1 heterocycles. The van der Waals surface area contributed by atoms with E-state index in [1.54, 1.807) is 0 Å². The third-order valence-electron chi connectivity index (χ3n) is 2.09. The van der Waals surface area contributed by atoms with Gasteiger partial charge in [-0.25, -0.2) is 0 Å². The average molecular weight is 143 g/mol. The van der Waals surface area contributed by atoms with Crippen molar-refractivity contribution in [3.8, 4) is 0 Å². The fraction of sp³-hybridized carbons (Fsp3) is 1.00. The first kappa shape index (κ1) is 8.02. The Morgan fingerprint density at radius 2 is 2.20 bits per heavy atom. The number of hydrogen-bond acceptors (Lipinski definition) is 2. The van der Waals surface area contributed by atoms with Gasteiger partial charge in [-0.2, -0.15) is 0 Å². The molecule has 1 unspecified atom stereocenters. The van der Waals surface area contributed by atoms with Crippen molar-refractivity contribution < 1.29 is 4.74 Å². The molecule has 2 heteroatoms. The highest BCUT2D eigenvalue weighted by atomic mass is 16.6. The van der Waals surface area contributed by atoms with Gasteiger partial charge in [-0.05, 0) is 27.3 Å². The van der Waals surface area contributed by atoms with Crippen molar-refractivity contribution in [1.29, 1.82) is 0 Å². The van der Waals surface area contributed by atoms with Crippen molar-refractivity contribution in [2.45, 2.75) is 32.4 Å². The van der Waals surface area contributed by atoms with Gasteiger partial charge >= 0.3 is 0 Å². The predicted octanol–water partition coefficient (Wildman–Crippen LogP) is 1.12. The first-order chi connectivity index (χ1) is 4.70. The van der Waals surface area contributed by atoms with Crippen LogP contribution in [0.4, 0.5) is 0 Å². The van der Waals surface area contributed by atoms with Crippen molar-refractivity contribution in [3.63, 3.8) is 0 Å². The first-order valence-corrected chi connectivity index (χ1v) is 4.02. The Hall–Kier alpha value is -0.0800. The fourth-order valence-corrected chi connectivity index (χ4v) is 0.841. The van der Waals surface area contributed by atoms with Gasteiger partial charge < -0.3 is 9.64 Å². The third-order valence-corrected chi connectivity index (χ3v) is 2.09. The molecule has 2 nitrogen and oxygen atoms in total. The van der Waals surface area contributed by atoms with Gasteiger partial charge in [-0.15, -0.1) is 0 Å². The van der Waals surface area contributed by atoms with Crippen LogP contribution >= 0.6 is 0 Å². The van der Waals surface area contributed by atoms with Gasteiger partial charge in [0, 0.05) is 12.6 Å². The molecule has 0 radical (unpaired) electrons. The first-order valence-electron chi connectivity index (χ1n) is 4.02. The van der Waals surface area contributed by atoms with Crippen LogP contribution in [0, 0.1) is 0 Å². The van der Waals surface area contributed by atoms with E-state index < -0.39 is 0 Å². The molecule has 1 aliphatic heterocycles. The molecule has 0 amide bonds. The summed E-state index contributed by atoms with van der Waals surface area (Å²) in [5.74, 6) is 0. The summed E-state index contributed by atoms with van der Waals surface area (Å²) in [5.41, 5.74) is 0. The van der Waals surface area contributed by atoms with Gasteiger partial charge in [0.25, 0.3) is 0 Å². The Morgan fingerprint density at radius 3 is 2.60 bits per heavy atom. The van der Waals surface area contributed by atoms with E-state index >= 15 is 0 Å². The molecule has 10 heavy (non-hydrogen) atoms. The second-order valence-corrected chi connectivity index (χ2v) is 3.32. The number of epoxide rings is 1. The van der Waals surface area contributed by atoms with Crippen LogP contribution in [0.1, 0.15) is 20.3 Å². The van der Waals surface area contributed by atoms with Gasteiger partial charge in [-0.1, -0.05) is 0 Å². The summed E-state index contributed by atoms with van der Waals surface area (Å²) in [6.07, 6.45) is 1.79. The number of ether oxygens (including phenoxy) is 1. The Bertz CT molecular complexity index is 99.4. The highest BCUT2D eigenvalue weighted by molar-refractivity contribution is 4.71. The molecule has 0 saturated carbocycles. The number of rotatable bonds is 4. The van der Waals surface area contributed by atoms with Crippen LogP contribution < -0.4 is 0 Å². The third kappa shape index (κ3) is 2.67. The minimum atomic E-state index is 0.584. The van der Waals surface area contributed by atoms with Crippen molar-refractivity contribution in [2.24, 2.45) is 0 Å². The summed E-state index contributed by atoms with van der Waals surface area (Å²) < 4.78 is 5.11. The maximum absolute atomic E-state index is 5.11. The fourth-order valence-electron chi connectivity index (χ4n) is 0.841. The zero-order chi connectivity index (χ0) is 7.56. The van der Waals surface area contributed by atoms with Crippen LogP contribution in [0.3, 0.4) is 0 Å². The smallest absolute Gasteiger partial charge is 0.0822 e. The monoisotopic (exact) mass is 143 g/mol. The zero-order valence-corrected chi connectivity index (χ0v) is 7.13.